The van der Waals surface area contributed by atoms with Gasteiger partial charge in [0, 0.05) is 25.3 Å². The molecule has 1 aromatic carbocycles. The molecule has 0 aliphatic carbocycles. The maximum absolute atomic E-state index is 5.80. The van der Waals surface area contributed by atoms with Crippen LogP contribution in [-0.4, -0.2) is 23.8 Å². The third-order valence-corrected chi connectivity index (χ3v) is 2.49. The van der Waals surface area contributed by atoms with Crippen LogP contribution >= 0.6 is 0 Å². The van der Waals surface area contributed by atoms with Crippen molar-refractivity contribution < 1.29 is 0 Å². The van der Waals surface area contributed by atoms with Gasteiger partial charge in [-0.3, -0.25) is 0 Å². The standard InChI is InChI=1S/C11H15N5/c1-15(2)9-5-3-8(4-6-9)10-11(12)16(13)7-14-10/h3-7H,12-13H2,1-2H3. The highest BCUT2D eigenvalue weighted by molar-refractivity contribution is 5.71. The molecular formula is C11H15N5. The highest BCUT2D eigenvalue weighted by atomic mass is 15.3. The molecular weight excluding hydrogens is 202 g/mol. The Morgan fingerprint density at radius 3 is 2.25 bits per heavy atom. The number of nitrogen functional groups attached to an aromatic ring is 2. The molecule has 5 nitrogen and oxygen atoms in total. The molecule has 0 amide bonds. The molecule has 0 fully saturated rings. The first kappa shape index (κ1) is 10.4. The van der Waals surface area contributed by atoms with Crippen molar-refractivity contribution in [1.82, 2.24) is 9.66 Å². The Balaban J connectivity index is 2.38. The molecule has 2 rings (SSSR count). The zero-order valence-electron chi connectivity index (χ0n) is 9.38. The number of nitrogens with two attached hydrogens (primary N) is 2. The molecule has 2 aromatic rings. The van der Waals surface area contributed by atoms with Gasteiger partial charge in [-0.2, -0.15) is 0 Å². The third kappa shape index (κ3) is 1.67. The summed E-state index contributed by atoms with van der Waals surface area (Å²) in [5, 5.41) is 0. The van der Waals surface area contributed by atoms with Gasteiger partial charge in [-0.1, -0.05) is 12.1 Å². The van der Waals surface area contributed by atoms with Crippen LogP contribution in [0, 0.1) is 0 Å². The highest BCUT2D eigenvalue weighted by Gasteiger charge is 2.08. The predicted molar refractivity (Wildman–Crippen MR) is 66.6 cm³/mol. The van der Waals surface area contributed by atoms with E-state index in [2.05, 4.69) is 4.98 Å². The first-order chi connectivity index (χ1) is 7.59. The van der Waals surface area contributed by atoms with Gasteiger partial charge in [-0.15, -0.1) is 0 Å². The Kier molecular flexibility index (Phi) is 2.44. The molecule has 5 heteroatoms. The van der Waals surface area contributed by atoms with Crippen molar-refractivity contribution in [3.63, 3.8) is 0 Å². The molecule has 0 aliphatic rings. The zero-order valence-corrected chi connectivity index (χ0v) is 9.38. The zero-order chi connectivity index (χ0) is 11.7. The van der Waals surface area contributed by atoms with Crippen LogP contribution in [0.1, 0.15) is 0 Å². The summed E-state index contributed by atoms with van der Waals surface area (Å²) in [6.07, 6.45) is 1.50. The molecule has 1 heterocycles. The number of anilines is 2. The van der Waals surface area contributed by atoms with Crippen LogP contribution in [0.3, 0.4) is 0 Å². The number of rotatable bonds is 2. The van der Waals surface area contributed by atoms with Gasteiger partial charge in [0.05, 0.1) is 0 Å². The normalized spacial score (nSPS) is 10.4. The molecule has 4 N–H and O–H groups in total. The Hall–Kier alpha value is -2.17. The Labute approximate surface area is 94.3 Å². The number of hydrogen-bond acceptors (Lipinski definition) is 4. The summed E-state index contributed by atoms with van der Waals surface area (Å²) in [6.45, 7) is 0. The number of benzene rings is 1. The van der Waals surface area contributed by atoms with Crippen molar-refractivity contribution in [1.29, 1.82) is 0 Å². The van der Waals surface area contributed by atoms with Gasteiger partial charge in [0.1, 0.15) is 17.8 Å². The smallest absolute Gasteiger partial charge is 0.150 e. The van der Waals surface area contributed by atoms with E-state index in [-0.39, 0.29) is 0 Å². The van der Waals surface area contributed by atoms with Crippen LogP contribution in [0.4, 0.5) is 11.5 Å². The van der Waals surface area contributed by atoms with Crippen LogP contribution < -0.4 is 16.5 Å². The van der Waals surface area contributed by atoms with Gasteiger partial charge in [-0.25, -0.2) is 9.66 Å². The van der Waals surface area contributed by atoms with Crippen LogP contribution in [0.15, 0.2) is 30.6 Å². The lowest BCUT2D eigenvalue weighted by molar-refractivity contribution is 1.01. The van der Waals surface area contributed by atoms with E-state index in [0.717, 1.165) is 11.3 Å². The minimum absolute atomic E-state index is 0.470. The van der Waals surface area contributed by atoms with Gasteiger partial charge in [0.15, 0.2) is 0 Å². The molecule has 0 radical (unpaired) electrons. The number of nitrogens with zero attached hydrogens (tertiary/aromatic N) is 3. The monoisotopic (exact) mass is 217 g/mol. The first-order valence-corrected chi connectivity index (χ1v) is 4.95. The second kappa shape index (κ2) is 3.77. The van der Waals surface area contributed by atoms with Crippen molar-refractivity contribution in [3.05, 3.63) is 30.6 Å². The van der Waals surface area contributed by atoms with E-state index < -0.39 is 0 Å². The number of hydrogen-bond donors (Lipinski definition) is 2. The summed E-state index contributed by atoms with van der Waals surface area (Å²) >= 11 is 0. The Morgan fingerprint density at radius 2 is 1.81 bits per heavy atom. The summed E-state index contributed by atoms with van der Waals surface area (Å²) in [5.74, 6) is 6.05. The lowest BCUT2D eigenvalue weighted by atomic mass is 10.1. The molecule has 84 valence electrons. The maximum atomic E-state index is 5.80. The lowest BCUT2D eigenvalue weighted by Gasteiger charge is -2.12. The van der Waals surface area contributed by atoms with Gasteiger partial charge in [0.25, 0.3) is 0 Å². The van der Waals surface area contributed by atoms with E-state index in [4.69, 9.17) is 11.6 Å². The minimum atomic E-state index is 0.470. The molecule has 16 heavy (non-hydrogen) atoms. The lowest BCUT2D eigenvalue weighted by Crippen LogP contribution is -2.10. The maximum Gasteiger partial charge on any atom is 0.150 e. The third-order valence-electron chi connectivity index (χ3n) is 2.49. The van der Waals surface area contributed by atoms with Crippen LogP contribution in [0.2, 0.25) is 0 Å². The summed E-state index contributed by atoms with van der Waals surface area (Å²) in [7, 11) is 4.00. The molecule has 0 unspecified atom stereocenters. The number of imidazole rings is 1. The predicted octanol–water partition coefficient (Wildman–Crippen LogP) is 0.912. The van der Waals surface area contributed by atoms with Crippen molar-refractivity contribution in [2.24, 2.45) is 0 Å². The molecule has 0 saturated carbocycles. The summed E-state index contributed by atoms with van der Waals surface area (Å²) in [6, 6.07) is 8.00. The van der Waals surface area contributed by atoms with E-state index in [1.54, 1.807) is 0 Å². The molecule has 0 bridgehead atoms. The fourth-order valence-corrected chi connectivity index (χ4v) is 1.51. The second-order valence-corrected chi connectivity index (χ2v) is 3.83. The Morgan fingerprint density at radius 1 is 1.19 bits per heavy atom. The van der Waals surface area contributed by atoms with Gasteiger partial charge in [-0.05, 0) is 12.1 Å². The van der Waals surface area contributed by atoms with Crippen molar-refractivity contribution in [3.8, 4) is 11.3 Å². The average Bonchev–Trinajstić information content (AvgIpc) is 2.60. The fraction of sp³-hybridized carbons (Fsp3) is 0.182. The quantitative estimate of drug-likeness (QED) is 0.733. The Bertz CT molecular complexity index is 484. The molecule has 1 aromatic heterocycles. The molecule has 0 spiro atoms. The topological polar surface area (TPSA) is 73.1 Å². The van der Waals surface area contributed by atoms with Gasteiger partial charge in [0.2, 0.25) is 0 Å². The summed E-state index contributed by atoms with van der Waals surface area (Å²) in [4.78, 5) is 6.20. The van der Waals surface area contributed by atoms with Crippen molar-refractivity contribution in [2.45, 2.75) is 0 Å². The minimum Gasteiger partial charge on any atom is -0.382 e. The van der Waals surface area contributed by atoms with E-state index >= 15 is 0 Å². The van der Waals surface area contributed by atoms with Gasteiger partial charge >= 0.3 is 0 Å². The largest absolute Gasteiger partial charge is 0.382 e. The molecule has 0 saturated heterocycles. The van der Waals surface area contributed by atoms with Gasteiger partial charge < -0.3 is 16.5 Å². The molecule has 0 atom stereocenters. The van der Waals surface area contributed by atoms with Crippen molar-refractivity contribution >= 4 is 11.5 Å². The van der Waals surface area contributed by atoms with E-state index in [1.807, 2.05) is 43.3 Å². The van der Waals surface area contributed by atoms with Crippen molar-refractivity contribution in [2.75, 3.05) is 30.6 Å². The summed E-state index contributed by atoms with van der Waals surface area (Å²) in [5.41, 5.74) is 8.61. The van der Waals surface area contributed by atoms with E-state index in [9.17, 15) is 0 Å². The SMILES string of the molecule is CN(C)c1ccc(-c2ncn(N)c2N)cc1. The molecule has 0 aliphatic heterocycles. The first-order valence-electron chi connectivity index (χ1n) is 4.95. The second-order valence-electron chi connectivity index (χ2n) is 3.83. The highest BCUT2D eigenvalue weighted by Crippen LogP contribution is 2.24. The van der Waals surface area contributed by atoms with E-state index in [0.29, 0.717) is 11.5 Å². The fourth-order valence-electron chi connectivity index (χ4n) is 1.51. The van der Waals surface area contributed by atoms with Crippen LogP contribution in [-0.2, 0) is 0 Å². The summed E-state index contributed by atoms with van der Waals surface area (Å²) < 4.78 is 1.31. The van der Waals surface area contributed by atoms with E-state index in [1.165, 1.54) is 11.0 Å². The van der Waals surface area contributed by atoms with Crippen LogP contribution in [0.5, 0.6) is 0 Å². The number of aromatic nitrogens is 2. The average molecular weight is 217 g/mol. The van der Waals surface area contributed by atoms with Crippen LogP contribution in [0.25, 0.3) is 11.3 Å².